The smallest absolute Gasteiger partial charge is 0.325 e. The van der Waals surface area contributed by atoms with E-state index in [1.165, 1.54) is 0 Å². The van der Waals surface area contributed by atoms with Gasteiger partial charge in [-0.15, -0.1) is 0 Å². The van der Waals surface area contributed by atoms with Crippen molar-refractivity contribution in [3.63, 3.8) is 0 Å². The quantitative estimate of drug-likeness (QED) is 0.762. The number of hydrogen-bond acceptors (Lipinski definition) is 3. The molecular weight excluding hydrogens is 282 g/mol. The summed E-state index contributed by atoms with van der Waals surface area (Å²) >= 11 is 0. The highest BCUT2D eigenvalue weighted by molar-refractivity contribution is 6.09. The molecule has 1 aliphatic carbocycles. The summed E-state index contributed by atoms with van der Waals surface area (Å²) in [5.74, 6) is -0.349. The van der Waals surface area contributed by atoms with E-state index in [1.807, 2.05) is 13.8 Å². The zero-order valence-electron chi connectivity index (χ0n) is 13.7. The fraction of sp³-hybridized carbons (Fsp3) is 0.812. The summed E-state index contributed by atoms with van der Waals surface area (Å²) in [6.07, 6.45) is 6.12. The van der Waals surface area contributed by atoms with Gasteiger partial charge in [0.15, 0.2) is 0 Å². The van der Waals surface area contributed by atoms with Crippen molar-refractivity contribution in [2.24, 2.45) is 0 Å². The van der Waals surface area contributed by atoms with E-state index in [4.69, 9.17) is 0 Å². The minimum atomic E-state index is -0.740. The van der Waals surface area contributed by atoms with Gasteiger partial charge in [0.05, 0.1) is 0 Å². The van der Waals surface area contributed by atoms with Crippen molar-refractivity contribution in [2.45, 2.75) is 64.3 Å². The van der Waals surface area contributed by atoms with Crippen molar-refractivity contribution in [2.75, 3.05) is 19.6 Å². The molecule has 6 heteroatoms. The van der Waals surface area contributed by atoms with Gasteiger partial charge in [-0.2, -0.15) is 0 Å². The maximum absolute atomic E-state index is 12.6. The number of carbonyl (C=O) groups is 3. The van der Waals surface area contributed by atoms with E-state index in [0.717, 1.165) is 37.0 Å². The summed E-state index contributed by atoms with van der Waals surface area (Å²) in [6.45, 7) is 5.23. The molecular formula is C16H27N3O3. The van der Waals surface area contributed by atoms with E-state index in [1.54, 1.807) is 4.90 Å². The van der Waals surface area contributed by atoms with Crippen LogP contribution in [0, 0.1) is 0 Å². The van der Waals surface area contributed by atoms with Gasteiger partial charge in [0, 0.05) is 13.1 Å². The predicted octanol–water partition coefficient (Wildman–Crippen LogP) is 1.89. The van der Waals surface area contributed by atoms with Gasteiger partial charge < -0.3 is 10.2 Å². The van der Waals surface area contributed by atoms with E-state index in [9.17, 15) is 14.4 Å². The fourth-order valence-corrected chi connectivity index (χ4v) is 3.45. The predicted molar refractivity (Wildman–Crippen MR) is 83.2 cm³/mol. The third-order valence-electron chi connectivity index (χ3n) is 4.59. The molecule has 1 heterocycles. The van der Waals surface area contributed by atoms with Gasteiger partial charge in [-0.05, 0) is 25.7 Å². The summed E-state index contributed by atoms with van der Waals surface area (Å²) in [7, 11) is 0. The summed E-state index contributed by atoms with van der Waals surface area (Å²) in [5, 5.41) is 2.84. The number of urea groups is 1. The summed E-state index contributed by atoms with van der Waals surface area (Å²) in [6, 6.07) is -0.409. The standard InChI is InChI=1S/C16H27N3O3/c1-3-10-18(11-4-2)13(20)12-19-14(21)16(17-15(19)22)8-6-5-7-9-16/h3-12H2,1-2H3,(H,17,22). The normalized spacial score (nSPS) is 20.4. The highest BCUT2D eigenvalue weighted by Gasteiger charge is 2.51. The Labute approximate surface area is 132 Å². The molecule has 0 unspecified atom stereocenters. The third-order valence-corrected chi connectivity index (χ3v) is 4.59. The van der Waals surface area contributed by atoms with Crippen LogP contribution in [-0.2, 0) is 9.59 Å². The van der Waals surface area contributed by atoms with Crippen LogP contribution in [0.5, 0.6) is 0 Å². The Balaban J connectivity index is 2.04. The second kappa shape index (κ2) is 7.11. The van der Waals surface area contributed by atoms with Crippen LogP contribution in [0.3, 0.4) is 0 Å². The number of imide groups is 1. The summed E-state index contributed by atoms with van der Waals surface area (Å²) in [5.41, 5.74) is -0.740. The van der Waals surface area contributed by atoms with Crippen molar-refractivity contribution >= 4 is 17.8 Å². The highest BCUT2D eigenvalue weighted by Crippen LogP contribution is 2.33. The molecule has 0 radical (unpaired) electrons. The van der Waals surface area contributed by atoms with Crippen molar-refractivity contribution in [1.82, 2.24) is 15.1 Å². The van der Waals surface area contributed by atoms with Crippen molar-refractivity contribution in [3.05, 3.63) is 0 Å². The molecule has 1 saturated heterocycles. The van der Waals surface area contributed by atoms with Crippen LogP contribution in [-0.4, -0.2) is 52.8 Å². The Kier molecular flexibility index (Phi) is 5.42. The SMILES string of the molecule is CCCN(CCC)C(=O)CN1C(=O)NC2(CCCCC2)C1=O. The Morgan fingerprint density at radius 1 is 1.14 bits per heavy atom. The minimum Gasteiger partial charge on any atom is -0.341 e. The van der Waals surface area contributed by atoms with Crippen molar-refractivity contribution in [3.8, 4) is 0 Å². The molecule has 1 N–H and O–H groups in total. The molecule has 0 bridgehead atoms. The molecule has 0 aromatic carbocycles. The third kappa shape index (κ3) is 3.25. The monoisotopic (exact) mass is 309 g/mol. The molecule has 2 aliphatic rings. The van der Waals surface area contributed by atoms with Gasteiger partial charge in [0.25, 0.3) is 5.91 Å². The van der Waals surface area contributed by atoms with Gasteiger partial charge in [0.2, 0.25) is 5.91 Å². The number of hydrogen-bond donors (Lipinski definition) is 1. The molecule has 6 nitrogen and oxygen atoms in total. The topological polar surface area (TPSA) is 69.7 Å². The summed E-state index contributed by atoms with van der Waals surface area (Å²) < 4.78 is 0. The van der Waals surface area contributed by atoms with Crippen molar-refractivity contribution in [1.29, 1.82) is 0 Å². The second-order valence-corrected chi connectivity index (χ2v) is 6.35. The zero-order chi connectivity index (χ0) is 16.2. The number of nitrogens with zero attached hydrogens (tertiary/aromatic N) is 2. The van der Waals surface area contributed by atoms with E-state index >= 15 is 0 Å². The fourth-order valence-electron chi connectivity index (χ4n) is 3.45. The first-order valence-electron chi connectivity index (χ1n) is 8.46. The average Bonchev–Trinajstić information content (AvgIpc) is 2.72. The highest BCUT2D eigenvalue weighted by atomic mass is 16.2. The molecule has 0 atom stereocenters. The average molecular weight is 309 g/mol. The molecule has 4 amide bonds. The van der Waals surface area contributed by atoms with Crippen LogP contribution in [0.1, 0.15) is 58.8 Å². The molecule has 2 fully saturated rings. The van der Waals surface area contributed by atoms with E-state index < -0.39 is 11.6 Å². The van der Waals surface area contributed by atoms with Gasteiger partial charge >= 0.3 is 6.03 Å². The van der Waals surface area contributed by atoms with E-state index in [2.05, 4.69) is 5.32 Å². The maximum atomic E-state index is 12.6. The molecule has 1 aliphatic heterocycles. The van der Waals surface area contributed by atoms with E-state index in [0.29, 0.717) is 25.9 Å². The Morgan fingerprint density at radius 3 is 2.27 bits per heavy atom. The lowest BCUT2D eigenvalue weighted by Gasteiger charge is -2.30. The Bertz CT molecular complexity index is 438. The first-order valence-corrected chi connectivity index (χ1v) is 8.46. The van der Waals surface area contributed by atoms with Crippen LogP contribution in [0.4, 0.5) is 4.79 Å². The Hall–Kier alpha value is -1.59. The van der Waals surface area contributed by atoms with Crippen LogP contribution >= 0.6 is 0 Å². The molecule has 22 heavy (non-hydrogen) atoms. The molecule has 1 saturated carbocycles. The maximum Gasteiger partial charge on any atom is 0.325 e. The lowest BCUT2D eigenvalue weighted by Crippen LogP contribution is -2.49. The van der Waals surface area contributed by atoms with Crippen LogP contribution in [0.15, 0.2) is 0 Å². The lowest BCUT2D eigenvalue weighted by atomic mass is 9.82. The summed E-state index contributed by atoms with van der Waals surface area (Å²) in [4.78, 5) is 40.0. The van der Waals surface area contributed by atoms with Gasteiger partial charge in [-0.25, -0.2) is 4.79 Å². The number of carbonyl (C=O) groups excluding carboxylic acids is 3. The van der Waals surface area contributed by atoms with Crippen LogP contribution < -0.4 is 5.32 Å². The molecule has 2 rings (SSSR count). The first-order chi connectivity index (χ1) is 10.5. The van der Waals surface area contributed by atoms with Gasteiger partial charge in [-0.1, -0.05) is 33.1 Å². The van der Waals surface area contributed by atoms with E-state index in [-0.39, 0.29) is 18.4 Å². The minimum absolute atomic E-state index is 0.133. The number of amides is 4. The zero-order valence-corrected chi connectivity index (χ0v) is 13.7. The first kappa shape index (κ1) is 16.8. The van der Waals surface area contributed by atoms with Crippen LogP contribution in [0.25, 0.3) is 0 Å². The Morgan fingerprint density at radius 2 is 1.73 bits per heavy atom. The molecule has 124 valence electrons. The number of nitrogens with one attached hydrogen (secondary N) is 1. The largest absolute Gasteiger partial charge is 0.341 e. The molecule has 0 aromatic heterocycles. The van der Waals surface area contributed by atoms with Crippen LogP contribution in [0.2, 0.25) is 0 Å². The van der Waals surface area contributed by atoms with Gasteiger partial charge in [-0.3, -0.25) is 14.5 Å². The second-order valence-electron chi connectivity index (χ2n) is 6.35. The number of rotatable bonds is 6. The molecule has 1 spiro atoms. The van der Waals surface area contributed by atoms with Gasteiger partial charge in [0.1, 0.15) is 12.1 Å². The van der Waals surface area contributed by atoms with Crippen molar-refractivity contribution < 1.29 is 14.4 Å². The molecule has 0 aromatic rings. The lowest BCUT2D eigenvalue weighted by molar-refractivity contribution is -0.139.